The summed E-state index contributed by atoms with van der Waals surface area (Å²) in [5, 5.41) is 3.60. The van der Waals surface area contributed by atoms with Crippen molar-refractivity contribution in [1.82, 2.24) is 5.32 Å². The summed E-state index contributed by atoms with van der Waals surface area (Å²) in [6.07, 6.45) is 0.631. The summed E-state index contributed by atoms with van der Waals surface area (Å²) in [4.78, 5) is 0. The van der Waals surface area contributed by atoms with E-state index in [2.05, 4.69) is 27.3 Å². The molecule has 0 aromatic heterocycles. The van der Waals surface area contributed by atoms with Crippen LogP contribution in [0.5, 0.6) is 0 Å². The van der Waals surface area contributed by atoms with Crippen LogP contribution in [0.25, 0.3) is 0 Å². The molecule has 0 radical (unpaired) electrons. The molecule has 2 aromatic carbocycles. The molecule has 2 aromatic rings. The number of rotatable bonds is 5. The molecule has 20 heavy (non-hydrogen) atoms. The second kappa shape index (κ2) is 7.21. The fourth-order valence-electron chi connectivity index (χ4n) is 2.30. The lowest BCUT2D eigenvalue weighted by Gasteiger charge is -2.19. The first-order chi connectivity index (χ1) is 9.61. The van der Waals surface area contributed by atoms with E-state index in [0.717, 1.165) is 11.0 Å². The molecule has 1 unspecified atom stereocenters. The Kier molecular flexibility index (Phi) is 5.58. The van der Waals surface area contributed by atoms with E-state index in [1.165, 1.54) is 11.6 Å². The van der Waals surface area contributed by atoms with E-state index >= 15 is 0 Å². The molecule has 0 bridgehead atoms. The van der Waals surface area contributed by atoms with Crippen LogP contribution in [0, 0.1) is 5.82 Å². The topological polar surface area (TPSA) is 12.0 Å². The zero-order valence-corrected chi connectivity index (χ0v) is 13.5. The average molecular weight is 357 g/mol. The SMILES string of the molecule is CNCC(Cc1ccc(Cl)cc1F)c1ccccc1Br. The van der Waals surface area contributed by atoms with Crippen molar-refractivity contribution in [3.8, 4) is 0 Å². The monoisotopic (exact) mass is 355 g/mol. The Labute approximate surface area is 132 Å². The molecule has 2 rings (SSSR count). The fraction of sp³-hybridized carbons (Fsp3) is 0.250. The van der Waals surface area contributed by atoms with Crippen LogP contribution in [0.3, 0.4) is 0 Å². The maximum absolute atomic E-state index is 14.0. The normalized spacial score (nSPS) is 12.4. The van der Waals surface area contributed by atoms with Crippen LogP contribution in [0.4, 0.5) is 4.39 Å². The second-order valence-corrected chi connectivity index (χ2v) is 6.01. The highest BCUT2D eigenvalue weighted by Crippen LogP contribution is 2.28. The van der Waals surface area contributed by atoms with Crippen molar-refractivity contribution in [3.05, 3.63) is 68.9 Å². The van der Waals surface area contributed by atoms with Gasteiger partial charge in [0.15, 0.2) is 0 Å². The minimum Gasteiger partial charge on any atom is -0.319 e. The summed E-state index contributed by atoms with van der Waals surface area (Å²) in [5.74, 6) is -0.0445. The van der Waals surface area contributed by atoms with Gasteiger partial charge in [0.1, 0.15) is 5.82 Å². The molecule has 1 atom stereocenters. The van der Waals surface area contributed by atoms with Crippen LogP contribution in [-0.4, -0.2) is 13.6 Å². The Morgan fingerprint density at radius 2 is 2.00 bits per heavy atom. The van der Waals surface area contributed by atoms with E-state index in [9.17, 15) is 4.39 Å². The summed E-state index contributed by atoms with van der Waals surface area (Å²) in [6, 6.07) is 12.9. The highest BCUT2D eigenvalue weighted by atomic mass is 79.9. The van der Waals surface area contributed by atoms with Gasteiger partial charge in [-0.3, -0.25) is 0 Å². The Morgan fingerprint density at radius 3 is 2.65 bits per heavy atom. The highest BCUT2D eigenvalue weighted by molar-refractivity contribution is 9.10. The van der Waals surface area contributed by atoms with Crippen molar-refractivity contribution in [3.63, 3.8) is 0 Å². The number of nitrogens with one attached hydrogen (secondary N) is 1. The molecule has 0 fully saturated rings. The van der Waals surface area contributed by atoms with Crippen LogP contribution < -0.4 is 5.32 Å². The average Bonchev–Trinajstić information content (AvgIpc) is 2.42. The molecule has 0 saturated carbocycles. The number of likely N-dealkylation sites (N-methyl/N-ethyl adjacent to an activating group) is 1. The van der Waals surface area contributed by atoms with Crippen molar-refractivity contribution in [2.45, 2.75) is 12.3 Å². The lowest BCUT2D eigenvalue weighted by molar-refractivity contribution is 0.573. The van der Waals surface area contributed by atoms with Gasteiger partial charge in [-0.1, -0.05) is 51.8 Å². The molecule has 0 amide bonds. The summed E-state index contributed by atoms with van der Waals surface area (Å²) in [5.41, 5.74) is 1.86. The Morgan fingerprint density at radius 1 is 1.25 bits per heavy atom. The molecule has 0 aliphatic carbocycles. The van der Waals surface area contributed by atoms with E-state index in [1.54, 1.807) is 12.1 Å². The molecular weight excluding hydrogens is 341 g/mol. The number of halogens is 3. The second-order valence-electron chi connectivity index (χ2n) is 4.72. The van der Waals surface area contributed by atoms with E-state index in [0.29, 0.717) is 17.0 Å². The standard InChI is InChI=1S/C16H16BrClFN/c1-20-10-12(14-4-2-3-5-15(14)17)8-11-6-7-13(18)9-16(11)19/h2-7,9,12,20H,8,10H2,1H3. The molecule has 1 nitrogen and oxygen atoms in total. The third kappa shape index (κ3) is 3.81. The van der Waals surface area contributed by atoms with Gasteiger partial charge in [0.2, 0.25) is 0 Å². The van der Waals surface area contributed by atoms with Gasteiger partial charge in [-0.25, -0.2) is 4.39 Å². The first-order valence-electron chi connectivity index (χ1n) is 6.44. The maximum Gasteiger partial charge on any atom is 0.127 e. The highest BCUT2D eigenvalue weighted by Gasteiger charge is 2.16. The van der Waals surface area contributed by atoms with Crippen LogP contribution in [0.15, 0.2) is 46.9 Å². The quantitative estimate of drug-likeness (QED) is 0.812. The van der Waals surface area contributed by atoms with Gasteiger partial charge >= 0.3 is 0 Å². The minimum atomic E-state index is -0.245. The molecule has 4 heteroatoms. The van der Waals surface area contributed by atoms with Gasteiger partial charge in [0.05, 0.1) is 0 Å². The van der Waals surface area contributed by atoms with E-state index in [-0.39, 0.29) is 11.7 Å². The van der Waals surface area contributed by atoms with Gasteiger partial charge in [-0.15, -0.1) is 0 Å². The molecular formula is C16H16BrClFN. The van der Waals surface area contributed by atoms with Crippen LogP contribution in [-0.2, 0) is 6.42 Å². The third-order valence-electron chi connectivity index (χ3n) is 3.28. The van der Waals surface area contributed by atoms with Crippen LogP contribution in [0.1, 0.15) is 17.0 Å². The van der Waals surface area contributed by atoms with Gasteiger partial charge < -0.3 is 5.32 Å². The lowest BCUT2D eigenvalue weighted by atomic mass is 9.91. The molecule has 0 heterocycles. The molecule has 0 spiro atoms. The largest absolute Gasteiger partial charge is 0.319 e. The van der Waals surface area contributed by atoms with Gasteiger partial charge in [0, 0.05) is 22.0 Å². The number of benzene rings is 2. The Bertz CT molecular complexity index is 588. The summed E-state index contributed by atoms with van der Waals surface area (Å²) in [6.45, 7) is 0.782. The van der Waals surface area contributed by atoms with Crippen molar-refractivity contribution in [1.29, 1.82) is 0 Å². The smallest absolute Gasteiger partial charge is 0.127 e. The zero-order chi connectivity index (χ0) is 14.5. The van der Waals surface area contributed by atoms with Gasteiger partial charge in [-0.2, -0.15) is 0 Å². The molecule has 0 aliphatic heterocycles. The van der Waals surface area contributed by atoms with Crippen molar-refractivity contribution in [2.24, 2.45) is 0 Å². The van der Waals surface area contributed by atoms with Crippen LogP contribution in [0.2, 0.25) is 5.02 Å². The first-order valence-corrected chi connectivity index (χ1v) is 7.62. The van der Waals surface area contributed by atoms with Crippen molar-refractivity contribution < 1.29 is 4.39 Å². The third-order valence-corrected chi connectivity index (χ3v) is 4.23. The Hall–Kier alpha value is -0.900. The van der Waals surface area contributed by atoms with Crippen molar-refractivity contribution in [2.75, 3.05) is 13.6 Å². The number of hydrogen-bond donors (Lipinski definition) is 1. The molecule has 1 N–H and O–H groups in total. The predicted molar refractivity (Wildman–Crippen MR) is 85.9 cm³/mol. The Balaban J connectivity index is 2.28. The molecule has 0 aliphatic rings. The number of hydrogen-bond acceptors (Lipinski definition) is 1. The summed E-state index contributed by atoms with van der Waals surface area (Å²) < 4.78 is 15.0. The minimum absolute atomic E-state index is 0.200. The fourth-order valence-corrected chi connectivity index (χ4v) is 3.06. The maximum atomic E-state index is 14.0. The zero-order valence-electron chi connectivity index (χ0n) is 11.2. The summed E-state index contributed by atoms with van der Waals surface area (Å²) >= 11 is 9.36. The molecule has 0 saturated heterocycles. The van der Waals surface area contributed by atoms with E-state index < -0.39 is 0 Å². The van der Waals surface area contributed by atoms with Gasteiger partial charge in [-0.05, 0) is 42.8 Å². The predicted octanol–water partition coefficient (Wildman–Crippen LogP) is 4.79. The van der Waals surface area contributed by atoms with E-state index in [4.69, 9.17) is 11.6 Å². The molecule has 106 valence electrons. The van der Waals surface area contributed by atoms with E-state index in [1.807, 2.05) is 25.2 Å². The summed E-state index contributed by atoms with van der Waals surface area (Å²) in [7, 11) is 1.90. The first kappa shape index (κ1) is 15.5. The van der Waals surface area contributed by atoms with Crippen LogP contribution >= 0.6 is 27.5 Å². The van der Waals surface area contributed by atoms with Crippen molar-refractivity contribution >= 4 is 27.5 Å². The van der Waals surface area contributed by atoms with Gasteiger partial charge in [0.25, 0.3) is 0 Å². The lowest BCUT2D eigenvalue weighted by Crippen LogP contribution is -2.20.